The minimum atomic E-state index is 0.173. The van der Waals surface area contributed by atoms with Gasteiger partial charge in [-0.25, -0.2) is 0 Å². The van der Waals surface area contributed by atoms with Crippen molar-refractivity contribution in [1.82, 2.24) is 5.32 Å². The van der Waals surface area contributed by atoms with Gasteiger partial charge in [0, 0.05) is 18.2 Å². The molecule has 1 aliphatic heterocycles. The summed E-state index contributed by atoms with van der Waals surface area (Å²) in [6.07, 6.45) is 3.86. The topological polar surface area (TPSA) is 41.5 Å². The fraction of sp³-hybridized carbons (Fsp3) is 0.600. The van der Waals surface area contributed by atoms with Gasteiger partial charge < -0.3 is 15.2 Å². The van der Waals surface area contributed by atoms with Crippen molar-refractivity contribution in [3.63, 3.8) is 0 Å². The van der Waals surface area contributed by atoms with E-state index in [1.165, 1.54) is 18.4 Å². The molecule has 0 radical (unpaired) electrons. The summed E-state index contributed by atoms with van der Waals surface area (Å²) in [5, 5.41) is 13.3. The highest BCUT2D eigenvalue weighted by Gasteiger charge is 2.16. The summed E-state index contributed by atoms with van der Waals surface area (Å²) in [7, 11) is 0. The zero-order valence-electron chi connectivity index (χ0n) is 11.3. The largest absolute Gasteiger partial charge is 0.508 e. The molecule has 0 saturated carbocycles. The van der Waals surface area contributed by atoms with Crippen LogP contribution in [0.25, 0.3) is 0 Å². The van der Waals surface area contributed by atoms with Crippen molar-refractivity contribution in [2.24, 2.45) is 0 Å². The Labute approximate surface area is 109 Å². The average molecular weight is 249 g/mol. The molecule has 1 aromatic carbocycles. The van der Waals surface area contributed by atoms with Gasteiger partial charge in [-0.15, -0.1) is 0 Å². The maximum absolute atomic E-state index is 9.85. The fourth-order valence-electron chi connectivity index (χ4n) is 2.46. The molecule has 1 fully saturated rings. The van der Waals surface area contributed by atoms with Crippen molar-refractivity contribution in [3.8, 4) is 5.75 Å². The Hall–Kier alpha value is -1.06. The summed E-state index contributed by atoms with van der Waals surface area (Å²) >= 11 is 0. The molecule has 2 N–H and O–H groups in total. The van der Waals surface area contributed by atoms with E-state index in [9.17, 15) is 5.11 Å². The van der Waals surface area contributed by atoms with Crippen LogP contribution in [-0.4, -0.2) is 24.4 Å². The average Bonchev–Trinajstić information content (AvgIpc) is 2.85. The van der Waals surface area contributed by atoms with Crippen molar-refractivity contribution < 1.29 is 9.84 Å². The van der Waals surface area contributed by atoms with Gasteiger partial charge in [0.25, 0.3) is 0 Å². The number of aryl methyl sites for hydroxylation is 1. The molecule has 0 aromatic heterocycles. The monoisotopic (exact) mass is 249 g/mol. The van der Waals surface area contributed by atoms with Crippen LogP contribution in [0.1, 0.15) is 43.4 Å². The number of benzene rings is 1. The molecule has 2 rings (SSSR count). The predicted octanol–water partition coefficient (Wildman–Crippen LogP) is 2.92. The van der Waals surface area contributed by atoms with Crippen LogP contribution in [0.5, 0.6) is 5.75 Å². The van der Waals surface area contributed by atoms with Crippen LogP contribution >= 0.6 is 0 Å². The van der Waals surface area contributed by atoms with Crippen molar-refractivity contribution in [1.29, 1.82) is 0 Å². The van der Waals surface area contributed by atoms with Crippen LogP contribution < -0.4 is 5.32 Å². The summed E-state index contributed by atoms with van der Waals surface area (Å²) < 4.78 is 5.59. The number of phenolic OH excluding ortho intramolecular Hbond substituents is 1. The van der Waals surface area contributed by atoms with Crippen LogP contribution in [0, 0.1) is 6.92 Å². The van der Waals surface area contributed by atoms with E-state index in [2.05, 4.69) is 12.2 Å². The molecule has 2 atom stereocenters. The molecular formula is C15H23NO2. The first-order valence-corrected chi connectivity index (χ1v) is 6.81. The molecule has 1 aliphatic rings. The summed E-state index contributed by atoms with van der Waals surface area (Å²) in [4.78, 5) is 0. The van der Waals surface area contributed by atoms with Crippen LogP contribution in [-0.2, 0) is 4.74 Å². The van der Waals surface area contributed by atoms with Crippen LogP contribution in [0.4, 0.5) is 0 Å². The van der Waals surface area contributed by atoms with Crippen molar-refractivity contribution >= 4 is 0 Å². The molecule has 0 amide bonds. The van der Waals surface area contributed by atoms with E-state index in [0.717, 1.165) is 25.1 Å². The van der Waals surface area contributed by atoms with Gasteiger partial charge in [0.15, 0.2) is 0 Å². The third kappa shape index (κ3) is 3.47. The van der Waals surface area contributed by atoms with Gasteiger partial charge in [0.1, 0.15) is 5.75 Å². The quantitative estimate of drug-likeness (QED) is 0.843. The molecule has 0 aliphatic carbocycles. The zero-order chi connectivity index (χ0) is 13.0. The highest BCUT2D eigenvalue weighted by molar-refractivity contribution is 5.37. The second-order valence-electron chi connectivity index (χ2n) is 5.16. The molecule has 0 spiro atoms. The fourth-order valence-corrected chi connectivity index (χ4v) is 2.46. The summed E-state index contributed by atoms with van der Waals surface area (Å²) in [5.74, 6) is 0.373. The smallest absolute Gasteiger partial charge is 0.120 e. The zero-order valence-corrected chi connectivity index (χ0v) is 11.3. The number of phenols is 1. The van der Waals surface area contributed by atoms with Gasteiger partial charge in [0.2, 0.25) is 0 Å². The minimum absolute atomic E-state index is 0.173. The number of hydrogen-bond acceptors (Lipinski definition) is 3. The van der Waals surface area contributed by atoms with E-state index >= 15 is 0 Å². The summed E-state index contributed by atoms with van der Waals surface area (Å²) in [6, 6.07) is 5.91. The minimum Gasteiger partial charge on any atom is -0.508 e. The van der Waals surface area contributed by atoms with E-state index in [1.54, 1.807) is 6.07 Å². The molecule has 100 valence electrons. The lowest BCUT2D eigenvalue weighted by Gasteiger charge is -2.17. The molecule has 0 bridgehead atoms. The highest BCUT2D eigenvalue weighted by Crippen LogP contribution is 2.25. The molecule has 1 heterocycles. The molecule has 3 heteroatoms. The molecule has 1 aromatic rings. The van der Waals surface area contributed by atoms with Crippen LogP contribution in [0.15, 0.2) is 18.2 Å². The lowest BCUT2D eigenvalue weighted by Crippen LogP contribution is -2.23. The Bertz CT molecular complexity index is 386. The van der Waals surface area contributed by atoms with Crippen LogP contribution in [0.2, 0.25) is 0 Å². The van der Waals surface area contributed by atoms with Gasteiger partial charge in [-0.3, -0.25) is 0 Å². The Kier molecular flexibility index (Phi) is 4.61. The number of hydrogen-bond donors (Lipinski definition) is 2. The van der Waals surface area contributed by atoms with E-state index in [1.807, 2.05) is 19.1 Å². The Morgan fingerprint density at radius 1 is 1.50 bits per heavy atom. The number of rotatable bonds is 5. The lowest BCUT2D eigenvalue weighted by atomic mass is 10.0. The van der Waals surface area contributed by atoms with Crippen LogP contribution in [0.3, 0.4) is 0 Å². The third-order valence-electron chi connectivity index (χ3n) is 3.59. The number of aromatic hydroxyl groups is 1. The lowest BCUT2D eigenvalue weighted by molar-refractivity contribution is 0.103. The van der Waals surface area contributed by atoms with Crippen molar-refractivity contribution in [2.75, 3.05) is 13.2 Å². The number of nitrogens with one attached hydrogen (secondary N) is 1. The van der Waals surface area contributed by atoms with E-state index in [-0.39, 0.29) is 6.04 Å². The Morgan fingerprint density at radius 3 is 3.06 bits per heavy atom. The van der Waals surface area contributed by atoms with E-state index < -0.39 is 0 Å². The normalized spacial score (nSPS) is 21.1. The first-order valence-electron chi connectivity index (χ1n) is 6.81. The summed E-state index contributed by atoms with van der Waals surface area (Å²) in [5.41, 5.74) is 2.15. The SMILES string of the molecule is Cc1ccc(O)c(C(C)NCCC2CCCO2)c1. The Morgan fingerprint density at radius 2 is 2.33 bits per heavy atom. The third-order valence-corrected chi connectivity index (χ3v) is 3.59. The highest BCUT2D eigenvalue weighted by atomic mass is 16.5. The van der Waals surface area contributed by atoms with Gasteiger partial charge in [-0.1, -0.05) is 17.7 Å². The molecular weight excluding hydrogens is 226 g/mol. The molecule has 3 nitrogen and oxygen atoms in total. The second kappa shape index (κ2) is 6.21. The van der Waals surface area contributed by atoms with Crippen molar-refractivity contribution in [3.05, 3.63) is 29.3 Å². The first kappa shape index (κ1) is 13.4. The van der Waals surface area contributed by atoms with Gasteiger partial charge >= 0.3 is 0 Å². The maximum Gasteiger partial charge on any atom is 0.120 e. The number of ether oxygens (including phenoxy) is 1. The standard InChI is InChI=1S/C15H23NO2/c1-11-5-6-15(17)14(10-11)12(2)16-8-7-13-4-3-9-18-13/h5-6,10,12-13,16-17H,3-4,7-9H2,1-2H3. The predicted molar refractivity (Wildman–Crippen MR) is 72.9 cm³/mol. The van der Waals surface area contributed by atoms with Crippen molar-refractivity contribution in [2.45, 2.75) is 45.3 Å². The van der Waals surface area contributed by atoms with E-state index in [0.29, 0.717) is 11.9 Å². The van der Waals surface area contributed by atoms with Gasteiger partial charge in [0.05, 0.1) is 6.10 Å². The first-order chi connectivity index (χ1) is 8.66. The maximum atomic E-state index is 9.85. The van der Waals surface area contributed by atoms with Gasteiger partial charge in [-0.05, 0) is 45.7 Å². The molecule has 1 saturated heterocycles. The molecule has 2 unspecified atom stereocenters. The molecule has 18 heavy (non-hydrogen) atoms. The van der Waals surface area contributed by atoms with E-state index in [4.69, 9.17) is 4.74 Å². The van der Waals surface area contributed by atoms with Gasteiger partial charge in [-0.2, -0.15) is 0 Å². The Balaban J connectivity index is 1.83. The second-order valence-corrected chi connectivity index (χ2v) is 5.16. The summed E-state index contributed by atoms with van der Waals surface area (Å²) in [6.45, 7) is 5.98.